The van der Waals surface area contributed by atoms with Crippen molar-refractivity contribution < 1.29 is 19.1 Å². The fourth-order valence-corrected chi connectivity index (χ4v) is 7.33. The van der Waals surface area contributed by atoms with Crippen LogP contribution in [0.2, 0.25) is 0 Å². The van der Waals surface area contributed by atoms with Gasteiger partial charge in [-0.1, -0.05) is 13.8 Å². The van der Waals surface area contributed by atoms with Crippen molar-refractivity contribution >= 4 is 17.5 Å². The Hall–Kier alpha value is -1.19. The van der Waals surface area contributed by atoms with E-state index in [0.29, 0.717) is 34.9 Å². The Labute approximate surface area is 156 Å². The number of ether oxygens (including phenoxy) is 1. The summed E-state index contributed by atoms with van der Waals surface area (Å²) in [5.74, 6) is 1.88. The summed E-state index contributed by atoms with van der Waals surface area (Å²) >= 11 is 0. The molecule has 0 bridgehead atoms. The third kappa shape index (κ3) is 2.58. The molecule has 0 amide bonds. The van der Waals surface area contributed by atoms with Crippen molar-refractivity contribution in [3.05, 3.63) is 0 Å². The van der Waals surface area contributed by atoms with Crippen LogP contribution in [0.3, 0.4) is 0 Å². The Morgan fingerprint density at radius 3 is 2.50 bits per heavy atom. The van der Waals surface area contributed by atoms with E-state index in [2.05, 4.69) is 13.8 Å². The number of Topliss-reactive ketones (excluding diaryl/α,β-unsaturated/α-hetero) is 2. The van der Waals surface area contributed by atoms with Crippen LogP contribution in [0.4, 0.5) is 0 Å². The maximum atomic E-state index is 12.5. The molecule has 4 heteroatoms. The van der Waals surface area contributed by atoms with Gasteiger partial charge < -0.3 is 4.74 Å². The maximum absolute atomic E-state index is 12.5. The molecule has 0 aromatic carbocycles. The number of hydrogen-bond donors (Lipinski definition) is 0. The second-order valence-corrected chi connectivity index (χ2v) is 9.93. The summed E-state index contributed by atoms with van der Waals surface area (Å²) < 4.78 is 5.45. The van der Waals surface area contributed by atoms with Crippen LogP contribution in [0.5, 0.6) is 0 Å². The number of esters is 1. The molecule has 4 aliphatic rings. The van der Waals surface area contributed by atoms with E-state index in [1.807, 2.05) is 0 Å². The SMILES string of the molecule is CC(=O)C(=O)O[C@@H]1CC[C@@]2(C)[C@@H](CC[C@@H]3[C@@H]2CC[C@]2(C)C(=O)CC[C@@H]32)C1. The predicted molar refractivity (Wildman–Crippen MR) is 97.3 cm³/mol. The van der Waals surface area contributed by atoms with Crippen LogP contribution < -0.4 is 0 Å². The van der Waals surface area contributed by atoms with E-state index in [4.69, 9.17) is 4.74 Å². The molecule has 4 rings (SSSR count). The lowest BCUT2D eigenvalue weighted by molar-refractivity contribution is -0.166. The van der Waals surface area contributed by atoms with Gasteiger partial charge in [0.2, 0.25) is 5.78 Å². The second-order valence-electron chi connectivity index (χ2n) is 9.93. The fourth-order valence-electron chi connectivity index (χ4n) is 7.33. The zero-order valence-electron chi connectivity index (χ0n) is 16.4. The van der Waals surface area contributed by atoms with Gasteiger partial charge in [-0.05, 0) is 80.5 Å². The normalized spacial score (nSPS) is 47.5. The van der Waals surface area contributed by atoms with Crippen LogP contribution in [0.1, 0.15) is 78.6 Å². The van der Waals surface area contributed by atoms with Crippen LogP contribution in [0.15, 0.2) is 0 Å². The third-order valence-corrected chi connectivity index (χ3v) is 8.89. The monoisotopic (exact) mass is 360 g/mol. The molecule has 4 saturated carbocycles. The molecule has 26 heavy (non-hydrogen) atoms. The van der Waals surface area contributed by atoms with Gasteiger partial charge >= 0.3 is 5.97 Å². The van der Waals surface area contributed by atoms with Crippen LogP contribution in [-0.2, 0) is 19.1 Å². The quantitative estimate of drug-likeness (QED) is 0.549. The predicted octanol–water partition coefficient (Wildman–Crippen LogP) is 4.10. The molecule has 0 aliphatic heterocycles. The third-order valence-electron chi connectivity index (χ3n) is 8.89. The van der Waals surface area contributed by atoms with Gasteiger partial charge in [-0.25, -0.2) is 4.79 Å². The first-order valence-corrected chi connectivity index (χ1v) is 10.5. The molecule has 4 aliphatic carbocycles. The average molecular weight is 360 g/mol. The fraction of sp³-hybridized carbons (Fsp3) is 0.864. The first-order valence-electron chi connectivity index (χ1n) is 10.5. The number of fused-ring (bicyclic) bond motifs is 5. The Morgan fingerprint density at radius 1 is 1.00 bits per heavy atom. The van der Waals surface area contributed by atoms with Gasteiger partial charge in [-0.15, -0.1) is 0 Å². The zero-order valence-corrected chi connectivity index (χ0v) is 16.4. The molecule has 0 aromatic rings. The standard InChI is InChI=1S/C22H32O4/c1-13(23)20(25)26-15-8-10-21(2)14(12-15)4-5-16-17-6-7-19(24)22(17,3)11-9-18(16)21/h14-18H,4-12H2,1-3H3/t14-,15+,16-,17-,18-,21-,22-/m0/s1. The molecule has 7 atom stereocenters. The van der Waals surface area contributed by atoms with Crippen LogP contribution in [-0.4, -0.2) is 23.6 Å². The summed E-state index contributed by atoms with van der Waals surface area (Å²) in [4.78, 5) is 35.4. The van der Waals surface area contributed by atoms with Gasteiger partial charge in [0, 0.05) is 18.8 Å². The highest BCUT2D eigenvalue weighted by Gasteiger charge is 2.60. The number of hydrogen-bond acceptors (Lipinski definition) is 4. The topological polar surface area (TPSA) is 60.4 Å². The van der Waals surface area contributed by atoms with E-state index in [1.165, 1.54) is 26.2 Å². The van der Waals surface area contributed by atoms with Crippen molar-refractivity contribution in [1.29, 1.82) is 0 Å². The van der Waals surface area contributed by atoms with Crippen molar-refractivity contribution in [3.8, 4) is 0 Å². The minimum Gasteiger partial charge on any atom is -0.457 e. The summed E-state index contributed by atoms with van der Waals surface area (Å²) in [6.45, 7) is 5.97. The van der Waals surface area contributed by atoms with E-state index in [-0.39, 0.29) is 11.5 Å². The Balaban J connectivity index is 1.50. The lowest BCUT2D eigenvalue weighted by Gasteiger charge is -2.60. The summed E-state index contributed by atoms with van der Waals surface area (Å²) in [5.41, 5.74) is 0.244. The van der Waals surface area contributed by atoms with Gasteiger partial charge in [0.25, 0.3) is 0 Å². The average Bonchev–Trinajstić information content (AvgIpc) is 2.90. The largest absolute Gasteiger partial charge is 0.457 e. The van der Waals surface area contributed by atoms with Gasteiger partial charge in [0.1, 0.15) is 11.9 Å². The van der Waals surface area contributed by atoms with Gasteiger partial charge in [-0.3, -0.25) is 9.59 Å². The molecule has 4 fully saturated rings. The highest BCUT2D eigenvalue weighted by molar-refractivity contribution is 6.32. The Kier molecular flexibility index (Phi) is 4.32. The summed E-state index contributed by atoms with van der Waals surface area (Å²) in [5, 5.41) is 0. The summed E-state index contributed by atoms with van der Waals surface area (Å²) in [7, 11) is 0. The number of carbonyl (C=O) groups is 3. The number of rotatable bonds is 2. The lowest BCUT2D eigenvalue weighted by Crippen LogP contribution is -2.54. The Bertz CT molecular complexity index is 640. The molecule has 0 saturated heterocycles. The highest BCUT2D eigenvalue weighted by atomic mass is 16.5. The number of ketones is 2. The summed E-state index contributed by atoms with van der Waals surface area (Å²) in [6.07, 6.45) is 9.25. The van der Waals surface area contributed by atoms with E-state index >= 15 is 0 Å². The highest BCUT2D eigenvalue weighted by Crippen LogP contribution is 2.65. The molecular formula is C22H32O4. The molecule has 0 heterocycles. The van der Waals surface area contributed by atoms with E-state index in [9.17, 15) is 14.4 Å². The summed E-state index contributed by atoms with van der Waals surface area (Å²) in [6, 6.07) is 0. The van der Waals surface area contributed by atoms with Crippen LogP contribution in [0, 0.1) is 34.5 Å². The van der Waals surface area contributed by atoms with Crippen molar-refractivity contribution in [2.24, 2.45) is 34.5 Å². The molecule has 0 spiro atoms. The second kappa shape index (κ2) is 6.17. The van der Waals surface area contributed by atoms with Crippen LogP contribution in [0.25, 0.3) is 0 Å². The van der Waals surface area contributed by atoms with Crippen molar-refractivity contribution in [3.63, 3.8) is 0 Å². The molecule has 0 N–H and O–H groups in total. The molecular weight excluding hydrogens is 328 g/mol. The molecule has 0 radical (unpaired) electrons. The first-order chi connectivity index (χ1) is 12.3. The lowest BCUT2D eigenvalue weighted by atomic mass is 9.45. The zero-order chi connectivity index (χ0) is 18.7. The molecule has 0 aromatic heterocycles. The smallest absolute Gasteiger partial charge is 0.374 e. The maximum Gasteiger partial charge on any atom is 0.374 e. The first kappa shape index (κ1) is 18.2. The number of carbonyl (C=O) groups excluding carboxylic acids is 3. The van der Waals surface area contributed by atoms with Gasteiger partial charge in [-0.2, -0.15) is 0 Å². The van der Waals surface area contributed by atoms with Gasteiger partial charge in [0.05, 0.1) is 0 Å². The van der Waals surface area contributed by atoms with Crippen molar-refractivity contribution in [2.75, 3.05) is 0 Å². The molecule has 0 unspecified atom stereocenters. The van der Waals surface area contributed by atoms with E-state index < -0.39 is 11.8 Å². The molecule has 4 nitrogen and oxygen atoms in total. The van der Waals surface area contributed by atoms with E-state index in [0.717, 1.165) is 38.5 Å². The Morgan fingerprint density at radius 2 is 1.77 bits per heavy atom. The van der Waals surface area contributed by atoms with Gasteiger partial charge in [0.15, 0.2) is 0 Å². The van der Waals surface area contributed by atoms with E-state index in [1.54, 1.807) is 0 Å². The van der Waals surface area contributed by atoms with Crippen LogP contribution >= 0.6 is 0 Å². The minimum atomic E-state index is -0.676. The molecule has 144 valence electrons. The van der Waals surface area contributed by atoms with Crippen molar-refractivity contribution in [2.45, 2.75) is 84.7 Å². The van der Waals surface area contributed by atoms with Crippen molar-refractivity contribution in [1.82, 2.24) is 0 Å². The minimum absolute atomic E-state index is 0.0570.